The second-order valence-corrected chi connectivity index (χ2v) is 3.37. The van der Waals surface area contributed by atoms with Gasteiger partial charge in [0.15, 0.2) is 0 Å². The molecule has 5 nitrogen and oxygen atoms in total. The van der Waals surface area contributed by atoms with Gasteiger partial charge in [-0.15, -0.1) is 0 Å². The first-order chi connectivity index (χ1) is 6.66. The number of nitrogens with zero attached hydrogens (tertiary/aromatic N) is 2. The highest BCUT2D eigenvalue weighted by Gasteiger charge is 2.29. The minimum Gasteiger partial charge on any atom is -0.336 e. The van der Waals surface area contributed by atoms with Crippen molar-refractivity contribution in [3.05, 3.63) is 0 Å². The van der Waals surface area contributed by atoms with E-state index in [0.717, 1.165) is 13.1 Å². The van der Waals surface area contributed by atoms with Gasteiger partial charge in [-0.25, -0.2) is 0 Å². The van der Waals surface area contributed by atoms with Gasteiger partial charge in [0.1, 0.15) is 0 Å². The molecule has 14 heavy (non-hydrogen) atoms. The van der Waals surface area contributed by atoms with Crippen LogP contribution in [-0.4, -0.2) is 61.4 Å². The monoisotopic (exact) mass is 199 g/mol. The number of carbonyl (C=O) groups excluding carboxylic acids is 2. The maximum Gasteiger partial charge on any atom is 0.312 e. The standard InChI is InChI=1S/C9H17N3O2/c1-3-10-4-5-12-7-6-11(2)8(13)9(12)14/h10H,3-7H2,1-2H3. The van der Waals surface area contributed by atoms with Gasteiger partial charge in [0.2, 0.25) is 0 Å². The van der Waals surface area contributed by atoms with Crippen LogP contribution in [-0.2, 0) is 9.59 Å². The van der Waals surface area contributed by atoms with Gasteiger partial charge in [0.25, 0.3) is 0 Å². The Bertz CT molecular complexity index is 230. The Kier molecular flexibility index (Phi) is 3.88. The number of amides is 2. The van der Waals surface area contributed by atoms with Crippen LogP contribution in [0.1, 0.15) is 6.92 Å². The lowest BCUT2D eigenvalue weighted by Gasteiger charge is -2.31. The predicted molar refractivity (Wildman–Crippen MR) is 52.8 cm³/mol. The Morgan fingerprint density at radius 3 is 2.64 bits per heavy atom. The summed E-state index contributed by atoms with van der Waals surface area (Å²) in [6.45, 7) is 5.54. The van der Waals surface area contributed by atoms with Crippen LogP contribution in [0.4, 0.5) is 0 Å². The molecule has 1 aliphatic heterocycles. The highest BCUT2D eigenvalue weighted by Crippen LogP contribution is 2.01. The summed E-state index contributed by atoms with van der Waals surface area (Å²) in [4.78, 5) is 25.8. The van der Waals surface area contributed by atoms with E-state index in [1.165, 1.54) is 4.90 Å². The Morgan fingerprint density at radius 2 is 2.00 bits per heavy atom. The van der Waals surface area contributed by atoms with Crippen LogP contribution in [0.2, 0.25) is 0 Å². The molecule has 1 aliphatic rings. The van der Waals surface area contributed by atoms with E-state index < -0.39 is 5.91 Å². The summed E-state index contributed by atoms with van der Waals surface area (Å²) in [5.41, 5.74) is 0. The third-order valence-electron chi connectivity index (χ3n) is 2.33. The molecule has 0 radical (unpaired) electrons. The van der Waals surface area contributed by atoms with Crippen LogP contribution in [0.25, 0.3) is 0 Å². The predicted octanol–water partition coefficient (Wildman–Crippen LogP) is -1.10. The SMILES string of the molecule is CCNCCN1CCN(C)C(=O)C1=O. The topological polar surface area (TPSA) is 52.6 Å². The minimum absolute atomic E-state index is 0.378. The molecule has 1 rings (SSSR count). The first-order valence-electron chi connectivity index (χ1n) is 4.92. The van der Waals surface area contributed by atoms with Crippen LogP contribution < -0.4 is 5.32 Å². The van der Waals surface area contributed by atoms with Crippen molar-refractivity contribution >= 4 is 11.8 Å². The van der Waals surface area contributed by atoms with Crippen LogP contribution in [0.15, 0.2) is 0 Å². The minimum atomic E-state index is -0.396. The van der Waals surface area contributed by atoms with E-state index in [-0.39, 0.29) is 5.91 Å². The molecule has 0 atom stereocenters. The van der Waals surface area contributed by atoms with Gasteiger partial charge in [-0.05, 0) is 6.54 Å². The van der Waals surface area contributed by atoms with Crippen LogP contribution in [0.3, 0.4) is 0 Å². The molecule has 0 spiro atoms. The fourth-order valence-electron chi connectivity index (χ4n) is 1.38. The van der Waals surface area contributed by atoms with E-state index in [1.54, 1.807) is 11.9 Å². The van der Waals surface area contributed by atoms with Crippen molar-refractivity contribution in [3.63, 3.8) is 0 Å². The number of carbonyl (C=O) groups is 2. The van der Waals surface area contributed by atoms with Gasteiger partial charge < -0.3 is 15.1 Å². The highest BCUT2D eigenvalue weighted by atomic mass is 16.2. The van der Waals surface area contributed by atoms with Crippen molar-refractivity contribution < 1.29 is 9.59 Å². The lowest BCUT2D eigenvalue weighted by molar-refractivity contribution is -0.154. The number of piperazine rings is 1. The number of rotatable bonds is 4. The molecule has 0 aliphatic carbocycles. The summed E-state index contributed by atoms with van der Waals surface area (Å²) < 4.78 is 0. The van der Waals surface area contributed by atoms with Gasteiger partial charge in [0.05, 0.1) is 0 Å². The van der Waals surface area contributed by atoms with E-state index in [0.29, 0.717) is 19.6 Å². The zero-order valence-electron chi connectivity index (χ0n) is 8.75. The molecule has 1 saturated heterocycles. The first kappa shape index (κ1) is 11.0. The summed E-state index contributed by atoms with van der Waals surface area (Å²) in [6.07, 6.45) is 0. The van der Waals surface area contributed by atoms with Gasteiger partial charge in [-0.1, -0.05) is 6.92 Å². The van der Waals surface area contributed by atoms with E-state index >= 15 is 0 Å². The molecular weight excluding hydrogens is 182 g/mol. The van der Waals surface area contributed by atoms with Gasteiger partial charge >= 0.3 is 11.8 Å². The fourth-order valence-corrected chi connectivity index (χ4v) is 1.38. The molecule has 1 heterocycles. The lowest BCUT2D eigenvalue weighted by Crippen LogP contribution is -2.54. The van der Waals surface area contributed by atoms with Crippen LogP contribution in [0.5, 0.6) is 0 Å². The third-order valence-corrected chi connectivity index (χ3v) is 2.33. The van der Waals surface area contributed by atoms with Crippen LogP contribution in [0, 0.1) is 0 Å². The van der Waals surface area contributed by atoms with E-state index in [4.69, 9.17) is 0 Å². The molecule has 1 N–H and O–H groups in total. The van der Waals surface area contributed by atoms with Crippen molar-refractivity contribution in [1.82, 2.24) is 15.1 Å². The molecule has 0 bridgehead atoms. The molecule has 2 amide bonds. The zero-order chi connectivity index (χ0) is 10.6. The van der Waals surface area contributed by atoms with Crippen molar-refractivity contribution in [2.75, 3.05) is 39.8 Å². The second-order valence-electron chi connectivity index (χ2n) is 3.37. The summed E-state index contributed by atoms with van der Waals surface area (Å²) in [5.74, 6) is -0.774. The van der Waals surface area contributed by atoms with Crippen molar-refractivity contribution in [1.29, 1.82) is 0 Å². The maximum atomic E-state index is 11.4. The van der Waals surface area contributed by atoms with E-state index in [2.05, 4.69) is 5.32 Å². The van der Waals surface area contributed by atoms with Crippen molar-refractivity contribution in [3.8, 4) is 0 Å². The highest BCUT2D eigenvalue weighted by molar-refractivity contribution is 6.35. The molecule has 0 aromatic rings. The van der Waals surface area contributed by atoms with Gasteiger partial charge in [0, 0.05) is 33.2 Å². The lowest BCUT2D eigenvalue weighted by atomic mass is 10.3. The normalized spacial score (nSPS) is 17.9. The second kappa shape index (κ2) is 4.95. The summed E-state index contributed by atoms with van der Waals surface area (Å²) in [6, 6.07) is 0. The largest absolute Gasteiger partial charge is 0.336 e. The molecule has 0 aromatic heterocycles. The third kappa shape index (κ3) is 2.45. The van der Waals surface area contributed by atoms with Gasteiger partial charge in [-0.2, -0.15) is 0 Å². The molecule has 0 unspecified atom stereocenters. The Balaban J connectivity index is 2.39. The number of hydrogen-bond donors (Lipinski definition) is 1. The van der Waals surface area contributed by atoms with Crippen LogP contribution >= 0.6 is 0 Å². The average Bonchev–Trinajstić information content (AvgIpc) is 2.18. The number of nitrogens with one attached hydrogen (secondary N) is 1. The Morgan fingerprint density at radius 1 is 1.29 bits per heavy atom. The Labute approximate surface area is 84.0 Å². The van der Waals surface area contributed by atoms with Crippen molar-refractivity contribution in [2.24, 2.45) is 0 Å². The number of hydrogen-bond acceptors (Lipinski definition) is 3. The van der Waals surface area contributed by atoms with Crippen molar-refractivity contribution in [2.45, 2.75) is 6.92 Å². The quantitative estimate of drug-likeness (QED) is 0.462. The summed E-state index contributed by atoms with van der Waals surface area (Å²) in [7, 11) is 1.65. The molecule has 0 saturated carbocycles. The first-order valence-corrected chi connectivity index (χ1v) is 4.92. The number of likely N-dealkylation sites (N-methyl/N-ethyl adjacent to an activating group) is 2. The van der Waals surface area contributed by atoms with Gasteiger partial charge in [-0.3, -0.25) is 9.59 Å². The molecule has 80 valence electrons. The average molecular weight is 199 g/mol. The summed E-state index contributed by atoms with van der Waals surface area (Å²) >= 11 is 0. The zero-order valence-corrected chi connectivity index (χ0v) is 8.75. The van der Waals surface area contributed by atoms with E-state index in [1.807, 2.05) is 6.92 Å². The molecule has 5 heteroatoms. The molecular formula is C9H17N3O2. The molecule has 1 fully saturated rings. The summed E-state index contributed by atoms with van der Waals surface area (Å²) in [5, 5.41) is 3.12. The smallest absolute Gasteiger partial charge is 0.312 e. The maximum absolute atomic E-state index is 11.4. The van der Waals surface area contributed by atoms with E-state index in [9.17, 15) is 9.59 Å². The Hall–Kier alpha value is -1.10. The fraction of sp³-hybridized carbons (Fsp3) is 0.778. The molecule has 0 aromatic carbocycles.